The Morgan fingerprint density at radius 1 is 0.900 bits per heavy atom. The Balaban J connectivity index is 2.30. The fraction of sp³-hybridized carbons (Fsp3) is 0.647. The van der Waals surface area contributed by atoms with Crippen molar-refractivity contribution in [2.45, 2.75) is 26.3 Å². The molecule has 20 heavy (non-hydrogen) atoms. The van der Waals surface area contributed by atoms with Gasteiger partial charge < -0.3 is 15.1 Å². The standard InChI is InChI=1S/C17H31N3/c1-5-11-18-12-10-16-6-8-17(9-7-16)15-20(4)14-13-19(2)3/h6-9,18H,5,10-15H2,1-4H3. The zero-order valence-electron chi connectivity index (χ0n) is 13.7. The van der Waals surface area contributed by atoms with Gasteiger partial charge in [-0.15, -0.1) is 0 Å². The average molecular weight is 277 g/mol. The van der Waals surface area contributed by atoms with Crippen LogP contribution in [0.5, 0.6) is 0 Å². The third-order valence-corrected chi connectivity index (χ3v) is 3.42. The summed E-state index contributed by atoms with van der Waals surface area (Å²) >= 11 is 0. The Morgan fingerprint density at radius 2 is 1.55 bits per heavy atom. The maximum atomic E-state index is 3.44. The van der Waals surface area contributed by atoms with E-state index in [0.29, 0.717) is 0 Å². The minimum Gasteiger partial charge on any atom is -0.316 e. The second kappa shape index (κ2) is 9.92. The molecule has 1 aromatic carbocycles. The molecule has 114 valence electrons. The lowest BCUT2D eigenvalue weighted by molar-refractivity contribution is 0.276. The van der Waals surface area contributed by atoms with Gasteiger partial charge in [0.1, 0.15) is 0 Å². The fourth-order valence-corrected chi connectivity index (χ4v) is 2.11. The van der Waals surface area contributed by atoms with Gasteiger partial charge in [0.2, 0.25) is 0 Å². The van der Waals surface area contributed by atoms with Crippen LogP contribution in [0.25, 0.3) is 0 Å². The summed E-state index contributed by atoms with van der Waals surface area (Å²) in [7, 11) is 6.43. The summed E-state index contributed by atoms with van der Waals surface area (Å²) in [6.07, 6.45) is 2.33. The molecule has 0 saturated carbocycles. The molecular weight excluding hydrogens is 246 g/mol. The smallest absolute Gasteiger partial charge is 0.0231 e. The number of nitrogens with one attached hydrogen (secondary N) is 1. The van der Waals surface area contributed by atoms with Crippen molar-refractivity contribution in [3.63, 3.8) is 0 Å². The maximum absolute atomic E-state index is 3.44. The van der Waals surface area contributed by atoms with Crippen LogP contribution in [-0.4, -0.2) is 57.1 Å². The van der Waals surface area contributed by atoms with E-state index in [0.717, 1.165) is 39.1 Å². The molecule has 0 aliphatic carbocycles. The van der Waals surface area contributed by atoms with Gasteiger partial charge in [0.15, 0.2) is 0 Å². The van der Waals surface area contributed by atoms with Crippen LogP contribution in [0.4, 0.5) is 0 Å². The van der Waals surface area contributed by atoms with Gasteiger partial charge in [0.25, 0.3) is 0 Å². The lowest BCUT2D eigenvalue weighted by atomic mass is 10.1. The maximum Gasteiger partial charge on any atom is 0.0231 e. The van der Waals surface area contributed by atoms with Crippen molar-refractivity contribution in [1.82, 2.24) is 15.1 Å². The molecule has 0 atom stereocenters. The summed E-state index contributed by atoms with van der Waals surface area (Å²) in [5, 5.41) is 3.44. The predicted octanol–water partition coefficient (Wildman–Crippen LogP) is 2.22. The highest BCUT2D eigenvalue weighted by molar-refractivity contribution is 5.22. The molecule has 3 heteroatoms. The van der Waals surface area contributed by atoms with E-state index in [-0.39, 0.29) is 0 Å². The van der Waals surface area contributed by atoms with Crippen molar-refractivity contribution < 1.29 is 0 Å². The number of likely N-dealkylation sites (N-methyl/N-ethyl adjacent to an activating group) is 2. The molecular formula is C17H31N3. The molecule has 0 heterocycles. The number of rotatable bonds is 10. The van der Waals surface area contributed by atoms with E-state index in [4.69, 9.17) is 0 Å². The zero-order valence-corrected chi connectivity index (χ0v) is 13.7. The first-order valence-corrected chi connectivity index (χ1v) is 7.73. The number of nitrogens with zero attached hydrogens (tertiary/aromatic N) is 2. The molecule has 1 rings (SSSR count). The summed E-state index contributed by atoms with van der Waals surface area (Å²) < 4.78 is 0. The van der Waals surface area contributed by atoms with Crippen LogP contribution >= 0.6 is 0 Å². The van der Waals surface area contributed by atoms with E-state index in [1.165, 1.54) is 17.5 Å². The SMILES string of the molecule is CCCNCCc1ccc(CN(C)CCN(C)C)cc1. The third kappa shape index (κ3) is 7.63. The summed E-state index contributed by atoms with van der Waals surface area (Å²) in [6.45, 7) is 7.65. The van der Waals surface area contributed by atoms with Gasteiger partial charge in [-0.3, -0.25) is 0 Å². The predicted molar refractivity (Wildman–Crippen MR) is 88.2 cm³/mol. The Bertz CT molecular complexity index is 346. The molecule has 3 nitrogen and oxygen atoms in total. The second-order valence-corrected chi connectivity index (χ2v) is 5.86. The van der Waals surface area contributed by atoms with Crippen LogP contribution in [0.3, 0.4) is 0 Å². The number of hydrogen-bond donors (Lipinski definition) is 1. The molecule has 1 aromatic rings. The van der Waals surface area contributed by atoms with Crippen molar-refractivity contribution in [3.05, 3.63) is 35.4 Å². The molecule has 0 bridgehead atoms. The molecule has 0 amide bonds. The van der Waals surface area contributed by atoms with Crippen molar-refractivity contribution in [3.8, 4) is 0 Å². The normalized spacial score (nSPS) is 11.5. The van der Waals surface area contributed by atoms with Gasteiger partial charge in [-0.25, -0.2) is 0 Å². The first-order chi connectivity index (χ1) is 9.61. The zero-order chi connectivity index (χ0) is 14.8. The lowest BCUT2D eigenvalue weighted by Crippen LogP contribution is -2.28. The first-order valence-electron chi connectivity index (χ1n) is 7.73. The molecule has 0 spiro atoms. The molecule has 0 radical (unpaired) electrons. The molecule has 0 saturated heterocycles. The molecule has 0 aliphatic heterocycles. The Kier molecular flexibility index (Phi) is 8.51. The van der Waals surface area contributed by atoms with Crippen LogP contribution in [0.15, 0.2) is 24.3 Å². The Labute approximate surface area is 125 Å². The summed E-state index contributed by atoms with van der Waals surface area (Å²) in [4.78, 5) is 4.60. The first kappa shape index (κ1) is 17.2. The fourth-order valence-electron chi connectivity index (χ4n) is 2.11. The molecule has 0 aliphatic rings. The monoisotopic (exact) mass is 277 g/mol. The van der Waals surface area contributed by atoms with Gasteiger partial charge in [0, 0.05) is 19.6 Å². The number of hydrogen-bond acceptors (Lipinski definition) is 3. The van der Waals surface area contributed by atoms with Crippen LogP contribution in [0.1, 0.15) is 24.5 Å². The second-order valence-electron chi connectivity index (χ2n) is 5.86. The highest BCUT2D eigenvalue weighted by Crippen LogP contribution is 2.07. The molecule has 0 fully saturated rings. The Morgan fingerprint density at radius 3 is 2.15 bits per heavy atom. The highest BCUT2D eigenvalue weighted by atomic mass is 15.1. The van der Waals surface area contributed by atoms with E-state index < -0.39 is 0 Å². The van der Waals surface area contributed by atoms with Crippen LogP contribution in [0, 0.1) is 0 Å². The third-order valence-electron chi connectivity index (χ3n) is 3.42. The van der Waals surface area contributed by atoms with Crippen molar-refractivity contribution in [1.29, 1.82) is 0 Å². The van der Waals surface area contributed by atoms with Gasteiger partial charge in [-0.05, 0) is 58.2 Å². The van der Waals surface area contributed by atoms with Crippen molar-refractivity contribution in [2.24, 2.45) is 0 Å². The van der Waals surface area contributed by atoms with Crippen LogP contribution in [-0.2, 0) is 13.0 Å². The van der Waals surface area contributed by atoms with E-state index in [1.807, 2.05) is 0 Å². The quantitative estimate of drug-likeness (QED) is 0.662. The topological polar surface area (TPSA) is 18.5 Å². The average Bonchev–Trinajstić information content (AvgIpc) is 2.43. The summed E-state index contributed by atoms with van der Waals surface area (Å²) in [5.74, 6) is 0. The molecule has 1 N–H and O–H groups in total. The highest BCUT2D eigenvalue weighted by Gasteiger charge is 2.01. The molecule has 0 unspecified atom stereocenters. The van der Waals surface area contributed by atoms with E-state index in [2.05, 4.69) is 67.4 Å². The summed E-state index contributed by atoms with van der Waals surface area (Å²) in [6, 6.07) is 9.06. The summed E-state index contributed by atoms with van der Waals surface area (Å²) in [5.41, 5.74) is 2.82. The van der Waals surface area contributed by atoms with Crippen molar-refractivity contribution in [2.75, 3.05) is 47.3 Å². The van der Waals surface area contributed by atoms with Gasteiger partial charge in [-0.2, -0.15) is 0 Å². The van der Waals surface area contributed by atoms with E-state index in [1.54, 1.807) is 0 Å². The Hall–Kier alpha value is -0.900. The van der Waals surface area contributed by atoms with Crippen LogP contribution < -0.4 is 5.32 Å². The van der Waals surface area contributed by atoms with Crippen molar-refractivity contribution >= 4 is 0 Å². The van der Waals surface area contributed by atoms with Gasteiger partial charge >= 0.3 is 0 Å². The number of benzene rings is 1. The molecule has 0 aromatic heterocycles. The van der Waals surface area contributed by atoms with E-state index >= 15 is 0 Å². The minimum atomic E-state index is 1.03. The lowest BCUT2D eigenvalue weighted by Gasteiger charge is -2.19. The van der Waals surface area contributed by atoms with E-state index in [9.17, 15) is 0 Å². The van der Waals surface area contributed by atoms with Crippen LogP contribution in [0.2, 0.25) is 0 Å². The van der Waals surface area contributed by atoms with Gasteiger partial charge in [-0.1, -0.05) is 31.2 Å². The minimum absolute atomic E-state index is 1.03. The van der Waals surface area contributed by atoms with Gasteiger partial charge in [0.05, 0.1) is 0 Å². The largest absolute Gasteiger partial charge is 0.316 e.